The Labute approximate surface area is 147 Å². The highest BCUT2D eigenvalue weighted by molar-refractivity contribution is 5.68. The molecule has 0 bridgehead atoms. The second-order valence-corrected chi connectivity index (χ2v) is 5.54. The van der Waals surface area contributed by atoms with Crippen molar-refractivity contribution in [1.82, 2.24) is 9.97 Å². The molecule has 2 aromatic carbocycles. The van der Waals surface area contributed by atoms with Gasteiger partial charge in [-0.3, -0.25) is 0 Å². The van der Waals surface area contributed by atoms with Crippen LogP contribution in [0.2, 0.25) is 0 Å². The molecule has 1 heterocycles. The van der Waals surface area contributed by atoms with Crippen molar-refractivity contribution in [2.24, 2.45) is 0 Å². The van der Waals surface area contributed by atoms with Crippen LogP contribution in [0.3, 0.4) is 0 Å². The number of nitrogens with zero attached hydrogens (tertiary/aromatic N) is 3. The number of aromatic nitrogens is 2. The fourth-order valence-electron chi connectivity index (χ4n) is 2.41. The zero-order valence-electron chi connectivity index (χ0n) is 14.0. The third-order valence-corrected chi connectivity index (χ3v) is 3.65. The first-order valence-corrected chi connectivity index (χ1v) is 8.24. The molecular weight excluding hydrogens is 310 g/mol. The zero-order chi connectivity index (χ0) is 17.5. The van der Waals surface area contributed by atoms with Crippen LogP contribution in [0.1, 0.15) is 18.9 Å². The highest BCUT2D eigenvalue weighted by Gasteiger charge is 2.08. The molecule has 3 rings (SSSR count). The summed E-state index contributed by atoms with van der Waals surface area (Å²) in [5, 5.41) is 15.7. The Morgan fingerprint density at radius 1 is 1.00 bits per heavy atom. The van der Waals surface area contributed by atoms with Crippen LogP contribution in [-0.2, 0) is 0 Å². The van der Waals surface area contributed by atoms with Crippen LogP contribution in [0.5, 0.6) is 0 Å². The second-order valence-electron chi connectivity index (χ2n) is 5.54. The molecule has 25 heavy (non-hydrogen) atoms. The lowest BCUT2D eigenvalue weighted by Gasteiger charge is -2.12. The van der Waals surface area contributed by atoms with E-state index in [1.165, 1.54) is 0 Å². The lowest BCUT2D eigenvalue weighted by atomic mass is 10.1. The molecule has 5 heteroatoms. The van der Waals surface area contributed by atoms with E-state index in [2.05, 4.69) is 33.6 Å². The Hall–Kier alpha value is -3.39. The van der Waals surface area contributed by atoms with E-state index in [9.17, 15) is 5.26 Å². The number of hydrogen-bond acceptors (Lipinski definition) is 5. The van der Waals surface area contributed by atoms with E-state index >= 15 is 0 Å². The van der Waals surface area contributed by atoms with Gasteiger partial charge < -0.3 is 10.6 Å². The molecule has 5 nitrogen and oxygen atoms in total. The van der Waals surface area contributed by atoms with E-state index in [-0.39, 0.29) is 0 Å². The molecule has 0 spiro atoms. The fourth-order valence-corrected chi connectivity index (χ4v) is 2.41. The molecule has 0 atom stereocenters. The van der Waals surface area contributed by atoms with Crippen LogP contribution in [0.25, 0.3) is 11.3 Å². The molecule has 1 aromatic heterocycles. The van der Waals surface area contributed by atoms with Crippen LogP contribution >= 0.6 is 0 Å². The maximum absolute atomic E-state index is 9.26. The summed E-state index contributed by atoms with van der Waals surface area (Å²) in [6.07, 6.45) is 1.00. The van der Waals surface area contributed by atoms with Crippen molar-refractivity contribution in [2.75, 3.05) is 17.2 Å². The SMILES string of the molecule is CCCNc1cc(-c2ccccc2)nc(Nc2ccccc2C#N)n1. The summed E-state index contributed by atoms with van der Waals surface area (Å²) >= 11 is 0. The van der Waals surface area contributed by atoms with Gasteiger partial charge in [-0.05, 0) is 18.6 Å². The van der Waals surface area contributed by atoms with Crippen molar-refractivity contribution in [3.8, 4) is 17.3 Å². The van der Waals surface area contributed by atoms with Gasteiger partial charge in [-0.15, -0.1) is 0 Å². The summed E-state index contributed by atoms with van der Waals surface area (Å²) in [7, 11) is 0. The molecule has 124 valence electrons. The number of anilines is 3. The number of benzene rings is 2. The fraction of sp³-hybridized carbons (Fsp3) is 0.150. The summed E-state index contributed by atoms with van der Waals surface area (Å²) in [5.74, 6) is 1.22. The Kier molecular flexibility index (Phi) is 5.22. The highest BCUT2D eigenvalue weighted by Crippen LogP contribution is 2.24. The summed E-state index contributed by atoms with van der Waals surface area (Å²) in [5.41, 5.74) is 3.09. The summed E-state index contributed by atoms with van der Waals surface area (Å²) in [4.78, 5) is 9.14. The molecular formula is C20H19N5. The molecule has 3 aromatic rings. The van der Waals surface area contributed by atoms with Gasteiger partial charge in [0.05, 0.1) is 16.9 Å². The Morgan fingerprint density at radius 3 is 2.52 bits per heavy atom. The molecule has 0 aliphatic carbocycles. The normalized spacial score (nSPS) is 10.1. The van der Waals surface area contributed by atoms with Gasteiger partial charge in [0.25, 0.3) is 0 Å². The molecule has 0 saturated carbocycles. The van der Waals surface area contributed by atoms with Gasteiger partial charge in [0, 0.05) is 18.2 Å². The van der Waals surface area contributed by atoms with E-state index in [0.29, 0.717) is 17.2 Å². The van der Waals surface area contributed by atoms with Gasteiger partial charge in [-0.1, -0.05) is 49.4 Å². The lowest BCUT2D eigenvalue weighted by Crippen LogP contribution is -2.06. The summed E-state index contributed by atoms with van der Waals surface area (Å²) in [6, 6.07) is 21.4. The Bertz CT molecular complexity index is 884. The molecule has 0 saturated heterocycles. The first kappa shape index (κ1) is 16.5. The molecule has 0 radical (unpaired) electrons. The first-order chi connectivity index (χ1) is 12.3. The number of rotatable bonds is 6. The van der Waals surface area contributed by atoms with Crippen molar-refractivity contribution in [1.29, 1.82) is 5.26 Å². The van der Waals surface area contributed by atoms with Crippen molar-refractivity contribution < 1.29 is 0 Å². The average Bonchev–Trinajstić information content (AvgIpc) is 2.67. The molecule has 0 fully saturated rings. The predicted octanol–water partition coefficient (Wildman–Crippen LogP) is 4.58. The number of nitriles is 1. The van der Waals surface area contributed by atoms with Crippen molar-refractivity contribution >= 4 is 17.5 Å². The first-order valence-electron chi connectivity index (χ1n) is 8.24. The van der Waals surface area contributed by atoms with Gasteiger partial charge in [-0.2, -0.15) is 10.2 Å². The number of nitrogens with one attached hydrogen (secondary N) is 2. The second kappa shape index (κ2) is 7.93. The smallest absolute Gasteiger partial charge is 0.229 e. The Balaban J connectivity index is 1.99. The van der Waals surface area contributed by atoms with E-state index in [4.69, 9.17) is 0 Å². The minimum atomic E-state index is 0.461. The quantitative estimate of drug-likeness (QED) is 0.692. The lowest BCUT2D eigenvalue weighted by molar-refractivity contribution is 0.966. The standard InChI is InChI=1S/C20H19N5/c1-2-12-22-19-13-18(15-8-4-3-5-9-15)24-20(25-19)23-17-11-7-6-10-16(17)14-21/h3-11,13H,2,12H2,1H3,(H2,22,23,24,25). The maximum Gasteiger partial charge on any atom is 0.229 e. The maximum atomic E-state index is 9.26. The highest BCUT2D eigenvalue weighted by atomic mass is 15.1. The van der Waals surface area contributed by atoms with E-state index in [0.717, 1.165) is 30.0 Å². The minimum Gasteiger partial charge on any atom is -0.370 e. The molecule has 0 amide bonds. The number of hydrogen-bond donors (Lipinski definition) is 2. The predicted molar refractivity (Wildman–Crippen MR) is 101 cm³/mol. The van der Waals surface area contributed by atoms with Crippen molar-refractivity contribution in [2.45, 2.75) is 13.3 Å². The van der Waals surface area contributed by atoms with Crippen LogP contribution in [0.15, 0.2) is 60.7 Å². The van der Waals surface area contributed by atoms with Gasteiger partial charge in [0.2, 0.25) is 5.95 Å². The van der Waals surface area contributed by atoms with Crippen LogP contribution < -0.4 is 10.6 Å². The van der Waals surface area contributed by atoms with Gasteiger partial charge in [0.1, 0.15) is 11.9 Å². The van der Waals surface area contributed by atoms with Crippen molar-refractivity contribution in [3.05, 3.63) is 66.2 Å². The van der Waals surface area contributed by atoms with E-state index in [1.807, 2.05) is 54.6 Å². The van der Waals surface area contributed by atoms with Crippen LogP contribution in [0, 0.1) is 11.3 Å². The number of para-hydroxylation sites is 1. The van der Waals surface area contributed by atoms with E-state index in [1.54, 1.807) is 6.07 Å². The topological polar surface area (TPSA) is 73.6 Å². The van der Waals surface area contributed by atoms with Gasteiger partial charge >= 0.3 is 0 Å². The molecule has 2 N–H and O–H groups in total. The van der Waals surface area contributed by atoms with Gasteiger partial charge in [0.15, 0.2) is 0 Å². The molecule has 0 aliphatic heterocycles. The summed E-state index contributed by atoms with van der Waals surface area (Å²) < 4.78 is 0. The largest absolute Gasteiger partial charge is 0.370 e. The van der Waals surface area contributed by atoms with Crippen LogP contribution in [-0.4, -0.2) is 16.5 Å². The van der Waals surface area contributed by atoms with Gasteiger partial charge in [-0.25, -0.2) is 4.98 Å². The molecule has 0 aliphatic rings. The molecule has 0 unspecified atom stereocenters. The summed E-state index contributed by atoms with van der Waals surface area (Å²) in [6.45, 7) is 2.94. The third-order valence-electron chi connectivity index (χ3n) is 3.65. The monoisotopic (exact) mass is 329 g/mol. The van der Waals surface area contributed by atoms with E-state index < -0.39 is 0 Å². The average molecular weight is 329 g/mol. The zero-order valence-corrected chi connectivity index (χ0v) is 14.0. The Morgan fingerprint density at radius 2 is 1.76 bits per heavy atom. The third kappa shape index (κ3) is 4.12. The minimum absolute atomic E-state index is 0.461. The van der Waals surface area contributed by atoms with Crippen molar-refractivity contribution in [3.63, 3.8) is 0 Å². The van der Waals surface area contributed by atoms with Crippen LogP contribution in [0.4, 0.5) is 17.5 Å².